The lowest BCUT2D eigenvalue weighted by Gasteiger charge is -2.01. The molecule has 0 radical (unpaired) electrons. The molecule has 1 heterocycles. The van der Waals surface area contributed by atoms with Gasteiger partial charge in [-0.3, -0.25) is 4.79 Å². The molecule has 19 heavy (non-hydrogen) atoms. The molecule has 94 valence electrons. The third-order valence-electron chi connectivity index (χ3n) is 2.82. The zero-order valence-electron chi connectivity index (χ0n) is 9.69. The van der Waals surface area contributed by atoms with Crippen molar-refractivity contribution in [2.24, 2.45) is 0 Å². The summed E-state index contributed by atoms with van der Waals surface area (Å²) >= 11 is 11.9. The monoisotopic (exact) mass is 290 g/mol. The first kappa shape index (κ1) is 12.3. The van der Waals surface area contributed by atoms with Crippen LogP contribution in [0.5, 0.6) is 5.75 Å². The van der Waals surface area contributed by atoms with Gasteiger partial charge in [0.2, 0.25) is 5.78 Å². The summed E-state index contributed by atoms with van der Waals surface area (Å²) in [7, 11) is 0. The lowest BCUT2D eigenvalue weighted by Crippen LogP contribution is -1.98. The van der Waals surface area contributed by atoms with E-state index in [1.807, 2.05) is 6.07 Å². The van der Waals surface area contributed by atoms with Gasteiger partial charge in [0.05, 0.1) is 5.56 Å². The maximum Gasteiger partial charge on any atom is 0.231 e. The van der Waals surface area contributed by atoms with Gasteiger partial charge in [0.25, 0.3) is 0 Å². The topological polar surface area (TPSA) is 26.3 Å². The SMILES string of the molecule is O=C1/C(=C/c2ccc(Cl)cc2Cl)Oc2ccccc21. The quantitative estimate of drug-likeness (QED) is 0.717. The maximum absolute atomic E-state index is 12.1. The van der Waals surface area contributed by atoms with E-state index in [0.29, 0.717) is 26.9 Å². The van der Waals surface area contributed by atoms with Crippen molar-refractivity contribution in [2.75, 3.05) is 0 Å². The first-order chi connectivity index (χ1) is 9.15. The molecular formula is C15H8Cl2O2. The molecule has 3 rings (SSSR count). The van der Waals surface area contributed by atoms with E-state index in [1.54, 1.807) is 42.5 Å². The molecule has 0 atom stereocenters. The highest BCUT2D eigenvalue weighted by molar-refractivity contribution is 6.35. The van der Waals surface area contributed by atoms with Gasteiger partial charge >= 0.3 is 0 Å². The molecule has 0 unspecified atom stereocenters. The Balaban J connectivity index is 2.01. The summed E-state index contributed by atoms with van der Waals surface area (Å²) in [6.07, 6.45) is 1.63. The van der Waals surface area contributed by atoms with Gasteiger partial charge in [0.1, 0.15) is 5.75 Å². The van der Waals surface area contributed by atoms with Gasteiger partial charge in [-0.15, -0.1) is 0 Å². The lowest BCUT2D eigenvalue weighted by molar-refractivity contribution is 0.101. The molecule has 2 nitrogen and oxygen atoms in total. The van der Waals surface area contributed by atoms with Gasteiger partial charge in [-0.25, -0.2) is 0 Å². The number of halogens is 2. The van der Waals surface area contributed by atoms with Crippen molar-refractivity contribution in [3.63, 3.8) is 0 Å². The number of hydrogen-bond acceptors (Lipinski definition) is 2. The van der Waals surface area contributed by atoms with Crippen LogP contribution in [-0.2, 0) is 0 Å². The number of fused-ring (bicyclic) bond motifs is 1. The molecule has 1 aliphatic heterocycles. The summed E-state index contributed by atoms with van der Waals surface area (Å²) in [5.41, 5.74) is 1.26. The molecule has 0 saturated heterocycles. The Labute approximate surface area is 120 Å². The number of benzene rings is 2. The van der Waals surface area contributed by atoms with Crippen molar-refractivity contribution in [1.29, 1.82) is 0 Å². The number of allylic oxidation sites excluding steroid dienone is 1. The van der Waals surface area contributed by atoms with E-state index < -0.39 is 0 Å². The van der Waals surface area contributed by atoms with Crippen molar-refractivity contribution in [2.45, 2.75) is 0 Å². The molecule has 4 heteroatoms. The van der Waals surface area contributed by atoms with Gasteiger partial charge in [0, 0.05) is 10.0 Å². The van der Waals surface area contributed by atoms with E-state index in [4.69, 9.17) is 27.9 Å². The lowest BCUT2D eigenvalue weighted by atomic mass is 10.1. The number of carbonyl (C=O) groups is 1. The van der Waals surface area contributed by atoms with E-state index in [-0.39, 0.29) is 11.5 Å². The van der Waals surface area contributed by atoms with Gasteiger partial charge in [-0.05, 0) is 35.9 Å². The van der Waals surface area contributed by atoms with Gasteiger partial charge < -0.3 is 4.74 Å². The first-order valence-corrected chi connectivity index (χ1v) is 6.39. The average molecular weight is 291 g/mol. The number of carbonyl (C=O) groups excluding carboxylic acids is 1. The van der Waals surface area contributed by atoms with Crippen molar-refractivity contribution < 1.29 is 9.53 Å². The molecule has 0 spiro atoms. The van der Waals surface area contributed by atoms with Crippen molar-refractivity contribution in [3.8, 4) is 5.75 Å². The number of ether oxygens (including phenoxy) is 1. The second kappa shape index (κ2) is 4.72. The van der Waals surface area contributed by atoms with Crippen LogP contribution >= 0.6 is 23.2 Å². The molecule has 0 bridgehead atoms. The van der Waals surface area contributed by atoms with Crippen LogP contribution in [0.25, 0.3) is 6.08 Å². The zero-order chi connectivity index (χ0) is 13.4. The summed E-state index contributed by atoms with van der Waals surface area (Å²) in [4.78, 5) is 12.1. The summed E-state index contributed by atoms with van der Waals surface area (Å²) in [5, 5.41) is 1.03. The molecular weight excluding hydrogens is 283 g/mol. The van der Waals surface area contributed by atoms with Crippen LogP contribution in [0.15, 0.2) is 48.2 Å². The summed E-state index contributed by atoms with van der Waals surface area (Å²) < 4.78 is 5.53. The molecule has 2 aromatic carbocycles. The summed E-state index contributed by atoms with van der Waals surface area (Å²) in [5.74, 6) is 0.705. The predicted octanol–water partition coefficient (Wildman–Crippen LogP) is 4.61. The Bertz CT molecular complexity index is 705. The largest absolute Gasteiger partial charge is 0.452 e. The highest BCUT2D eigenvalue weighted by Gasteiger charge is 2.26. The third kappa shape index (κ3) is 2.25. The fourth-order valence-corrected chi connectivity index (χ4v) is 2.36. The molecule has 2 aromatic rings. The Hall–Kier alpha value is -1.77. The standard InChI is InChI=1S/C15H8Cl2O2/c16-10-6-5-9(12(17)8-10)7-14-15(18)11-3-1-2-4-13(11)19-14/h1-8H/b14-7-. The first-order valence-electron chi connectivity index (χ1n) is 5.63. The van der Waals surface area contributed by atoms with Crippen LogP contribution < -0.4 is 4.74 Å². The maximum atomic E-state index is 12.1. The highest BCUT2D eigenvalue weighted by Crippen LogP contribution is 2.32. The van der Waals surface area contributed by atoms with Gasteiger partial charge in [-0.2, -0.15) is 0 Å². The van der Waals surface area contributed by atoms with Crippen LogP contribution in [0.1, 0.15) is 15.9 Å². The minimum Gasteiger partial charge on any atom is -0.452 e. The number of rotatable bonds is 1. The van der Waals surface area contributed by atoms with Crippen LogP contribution in [0.3, 0.4) is 0 Å². The fourth-order valence-electron chi connectivity index (χ4n) is 1.90. The molecule has 0 aromatic heterocycles. The number of ketones is 1. The second-order valence-corrected chi connectivity index (χ2v) is 4.95. The molecule has 0 fully saturated rings. The minimum atomic E-state index is -0.137. The Kier molecular flexibility index (Phi) is 3.05. The van der Waals surface area contributed by atoms with Crippen LogP contribution in [0.2, 0.25) is 10.0 Å². The zero-order valence-corrected chi connectivity index (χ0v) is 11.2. The fraction of sp³-hybridized carbons (Fsp3) is 0. The molecule has 0 amide bonds. The number of para-hydroxylation sites is 1. The summed E-state index contributed by atoms with van der Waals surface area (Å²) in [6.45, 7) is 0. The smallest absolute Gasteiger partial charge is 0.231 e. The van der Waals surface area contributed by atoms with Crippen molar-refractivity contribution in [3.05, 3.63) is 69.4 Å². The van der Waals surface area contributed by atoms with E-state index in [0.717, 1.165) is 0 Å². The molecule has 0 saturated carbocycles. The van der Waals surface area contributed by atoms with Gasteiger partial charge in [0.15, 0.2) is 5.76 Å². The molecule has 1 aliphatic rings. The van der Waals surface area contributed by atoms with Crippen molar-refractivity contribution >= 4 is 35.1 Å². The number of hydrogen-bond donors (Lipinski definition) is 0. The summed E-state index contributed by atoms with van der Waals surface area (Å²) in [6, 6.07) is 12.2. The van der Waals surface area contributed by atoms with E-state index in [1.165, 1.54) is 0 Å². The van der Waals surface area contributed by atoms with Gasteiger partial charge in [-0.1, -0.05) is 41.4 Å². The normalized spacial score (nSPS) is 15.5. The third-order valence-corrected chi connectivity index (χ3v) is 3.39. The van der Waals surface area contributed by atoms with Crippen molar-refractivity contribution in [1.82, 2.24) is 0 Å². The Morgan fingerprint density at radius 2 is 1.84 bits per heavy atom. The average Bonchev–Trinajstić information content (AvgIpc) is 2.70. The predicted molar refractivity (Wildman–Crippen MR) is 75.8 cm³/mol. The highest BCUT2D eigenvalue weighted by atomic mass is 35.5. The van der Waals surface area contributed by atoms with Crippen LogP contribution in [-0.4, -0.2) is 5.78 Å². The Morgan fingerprint density at radius 1 is 1.05 bits per heavy atom. The number of Topliss-reactive ketones (excluding diaryl/α,β-unsaturated/α-hetero) is 1. The van der Waals surface area contributed by atoms with E-state index in [2.05, 4.69) is 0 Å². The molecule has 0 aliphatic carbocycles. The van der Waals surface area contributed by atoms with Crippen LogP contribution in [0, 0.1) is 0 Å². The second-order valence-electron chi connectivity index (χ2n) is 4.10. The minimum absolute atomic E-state index is 0.137. The van der Waals surface area contributed by atoms with Crippen LogP contribution in [0.4, 0.5) is 0 Å². The van der Waals surface area contributed by atoms with E-state index in [9.17, 15) is 4.79 Å². The molecule has 0 N–H and O–H groups in total. The Morgan fingerprint density at radius 3 is 2.58 bits per heavy atom. The van der Waals surface area contributed by atoms with E-state index >= 15 is 0 Å².